The van der Waals surface area contributed by atoms with Crippen LogP contribution in [0.4, 0.5) is 4.39 Å². The van der Waals surface area contributed by atoms with Crippen molar-refractivity contribution < 1.29 is 19.0 Å². The van der Waals surface area contributed by atoms with Gasteiger partial charge in [-0.05, 0) is 52.7 Å². The fourth-order valence-corrected chi connectivity index (χ4v) is 1.98. The fourth-order valence-electron chi connectivity index (χ4n) is 1.52. The van der Waals surface area contributed by atoms with Crippen molar-refractivity contribution in [3.8, 4) is 11.5 Å². The number of carboxylic acid groups (broad SMARTS) is 1. The Balaban J connectivity index is 2.33. The number of halogens is 2. The van der Waals surface area contributed by atoms with Crippen molar-refractivity contribution in [3.63, 3.8) is 0 Å². The molecule has 0 unspecified atom stereocenters. The van der Waals surface area contributed by atoms with Crippen molar-refractivity contribution in [1.82, 2.24) is 0 Å². The van der Waals surface area contributed by atoms with Gasteiger partial charge in [-0.2, -0.15) is 0 Å². The lowest BCUT2D eigenvalue weighted by Crippen LogP contribution is -1.97. The van der Waals surface area contributed by atoms with E-state index in [1.807, 2.05) is 0 Å². The van der Waals surface area contributed by atoms with Crippen LogP contribution < -0.4 is 4.74 Å². The predicted molar refractivity (Wildman–Crippen MR) is 72.3 cm³/mol. The van der Waals surface area contributed by atoms with E-state index < -0.39 is 5.97 Å². The summed E-state index contributed by atoms with van der Waals surface area (Å²) in [6, 6.07) is 8.64. The molecule has 0 saturated carbocycles. The Morgan fingerprint density at radius 1 is 1.21 bits per heavy atom. The Morgan fingerprint density at radius 3 is 2.58 bits per heavy atom. The highest BCUT2D eigenvalue weighted by Gasteiger charge is 2.10. The summed E-state index contributed by atoms with van der Waals surface area (Å²) >= 11 is 3.23. The van der Waals surface area contributed by atoms with Crippen LogP contribution in [-0.4, -0.2) is 11.1 Å². The minimum Gasteiger partial charge on any atom is -0.478 e. The number of aryl methyl sites for hydroxylation is 1. The minimum atomic E-state index is -1.02. The van der Waals surface area contributed by atoms with Gasteiger partial charge >= 0.3 is 5.97 Å². The standard InChI is InChI=1S/C14H10BrFO3/c1-8-2-4-10(16)7-13(8)19-12-5-3-9(14(17)18)6-11(12)15/h2-7H,1H3,(H,17,18). The van der Waals surface area contributed by atoms with E-state index in [-0.39, 0.29) is 11.4 Å². The zero-order valence-corrected chi connectivity index (χ0v) is 11.6. The molecule has 0 radical (unpaired) electrons. The molecule has 0 aromatic heterocycles. The van der Waals surface area contributed by atoms with Gasteiger partial charge in [0.25, 0.3) is 0 Å². The largest absolute Gasteiger partial charge is 0.478 e. The summed E-state index contributed by atoms with van der Waals surface area (Å²) in [4.78, 5) is 10.8. The molecule has 0 bridgehead atoms. The maximum Gasteiger partial charge on any atom is 0.335 e. The van der Waals surface area contributed by atoms with E-state index in [0.29, 0.717) is 16.0 Å². The molecular formula is C14H10BrFO3. The molecule has 0 aliphatic carbocycles. The van der Waals surface area contributed by atoms with Gasteiger partial charge in [0.15, 0.2) is 0 Å². The number of aromatic carboxylic acids is 1. The molecule has 2 aromatic rings. The maximum atomic E-state index is 13.2. The van der Waals surface area contributed by atoms with Gasteiger partial charge in [0, 0.05) is 6.07 Å². The monoisotopic (exact) mass is 324 g/mol. The maximum absolute atomic E-state index is 13.2. The Kier molecular flexibility index (Phi) is 3.85. The van der Waals surface area contributed by atoms with Gasteiger partial charge in [0.2, 0.25) is 0 Å². The normalized spacial score (nSPS) is 10.3. The first-order chi connectivity index (χ1) is 8.97. The highest BCUT2D eigenvalue weighted by Crippen LogP contribution is 2.32. The second-order valence-corrected chi connectivity index (χ2v) is 4.82. The zero-order chi connectivity index (χ0) is 14.0. The van der Waals surface area contributed by atoms with Crippen molar-refractivity contribution in [1.29, 1.82) is 0 Å². The number of rotatable bonds is 3. The minimum absolute atomic E-state index is 0.148. The molecule has 0 fully saturated rings. The van der Waals surface area contributed by atoms with Crippen molar-refractivity contribution in [2.45, 2.75) is 6.92 Å². The third-order valence-electron chi connectivity index (χ3n) is 2.55. The summed E-state index contributed by atoms with van der Waals surface area (Å²) < 4.78 is 19.2. The highest BCUT2D eigenvalue weighted by molar-refractivity contribution is 9.10. The lowest BCUT2D eigenvalue weighted by molar-refractivity contribution is 0.0697. The quantitative estimate of drug-likeness (QED) is 0.910. The third kappa shape index (κ3) is 3.12. The molecule has 0 heterocycles. The van der Waals surface area contributed by atoms with Crippen molar-refractivity contribution in [2.24, 2.45) is 0 Å². The number of carboxylic acids is 1. The number of hydrogen-bond acceptors (Lipinski definition) is 2. The average molecular weight is 325 g/mol. The molecule has 2 rings (SSSR count). The first kappa shape index (κ1) is 13.5. The van der Waals surface area contributed by atoms with Crippen LogP contribution in [0.15, 0.2) is 40.9 Å². The second kappa shape index (κ2) is 5.40. The van der Waals surface area contributed by atoms with Crippen LogP contribution in [0.3, 0.4) is 0 Å². The van der Waals surface area contributed by atoms with E-state index in [4.69, 9.17) is 9.84 Å². The molecular weight excluding hydrogens is 315 g/mol. The SMILES string of the molecule is Cc1ccc(F)cc1Oc1ccc(C(=O)O)cc1Br. The van der Waals surface area contributed by atoms with Crippen molar-refractivity contribution in [3.05, 3.63) is 57.8 Å². The molecule has 0 amide bonds. The van der Waals surface area contributed by atoms with Crippen molar-refractivity contribution in [2.75, 3.05) is 0 Å². The smallest absolute Gasteiger partial charge is 0.335 e. The number of benzene rings is 2. The van der Waals surface area contributed by atoms with Gasteiger partial charge in [-0.3, -0.25) is 0 Å². The summed E-state index contributed by atoms with van der Waals surface area (Å²) in [7, 11) is 0. The molecule has 0 atom stereocenters. The summed E-state index contributed by atoms with van der Waals surface area (Å²) in [5, 5.41) is 8.86. The van der Waals surface area contributed by atoms with Crippen LogP contribution in [0.2, 0.25) is 0 Å². The summed E-state index contributed by atoms with van der Waals surface area (Å²) in [5.41, 5.74) is 0.936. The van der Waals surface area contributed by atoms with Crippen molar-refractivity contribution >= 4 is 21.9 Å². The van der Waals surface area contributed by atoms with E-state index >= 15 is 0 Å². The van der Waals surface area contributed by atoms with E-state index in [9.17, 15) is 9.18 Å². The van der Waals surface area contributed by atoms with Gasteiger partial charge in [0.1, 0.15) is 17.3 Å². The Morgan fingerprint density at radius 2 is 1.95 bits per heavy atom. The molecule has 2 aromatic carbocycles. The van der Waals surface area contributed by atoms with Gasteiger partial charge < -0.3 is 9.84 Å². The summed E-state index contributed by atoms with van der Waals surface area (Å²) in [5.74, 6) is -0.587. The first-order valence-electron chi connectivity index (χ1n) is 5.44. The second-order valence-electron chi connectivity index (χ2n) is 3.96. The molecule has 3 nitrogen and oxygen atoms in total. The molecule has 98 valence electrons. The average Bonchev–Trinajstić information content (AvgIpc) is 2.36. The molecule has 0 saturated heterocycles. The third-order valence-corrected chi connectivity index (χ3v) is 3.17. The molecule has 5 heteroatoms. The van der Waals surface area contributed by atoms with E-state index in [0.717, 1.165) is 5.56 Å². The van der Waals surface area contributed by atoms with Crippen LogP contribution in [-0.2, 0) is 0 Å². The van der Waals surface area contributed by atoms with Crippen LogP contribution in [0, 0.1) is 12.7 Å². The summed E-state index contributed by atoms with van der Waals surface area (Å²) in [6.07, 6.45) is 0. The van der Waals surface area contributed by atoms with Gasteiger partial charge in [-0.25, -0.2) is 9.18 Å². The van der Waals surface area contributed by atoms with Crippen LogP contribution in [0.25, 0.3) is 0 Å². The van der Waals surface area contributed by atoms with E-state index in [1.54, 1.807) is 13.0 Å². The topological polar surface area (TPSA) is 46.5 Å². The molecule has 0 aliphatic heterocycles. The molecule has 1 N–H and O–H groups in total. The molecule has 19 heavy (non-hydrogen) atoms. The van der Waals surface area contributed by atoms with Gasteiger partial charge in [-0.1, -0.05) is 6.07 Å². The molecule has 0 aliphatic rings. The Hall–Kier alpha value is -1.88. The number of carbonyl (C=O) groups is 1. The van der Waals surface area contributed by atoms with Crippen LogP contribution >= 0.6 is 15.9 Å². The highest BCUT2D eigenvalue weighted by atomic mass is 79.9. The Bertz CT molecular complexity index is 641. The van der Waals surface area contributed by atoms with Crippen LogP contribution in [0.1, 0.15) is 15.9 Å². The first-order valence-corrected chi connectivity index (χ1v) is 6.23. The molecule has 0 spiro atoms. The zero-order valence-electron chi connectivity index (χ0n) is 9.98. The summed E-state index contributed by atoms with van der Waals surface area (Å²) in [6.45, 7) is 1.80. The van der Waals surface area contributed by atoms with E-state index in [1.165, 1.54) is 30.3 Å². The Labute approximate surface area is 117 Å². The van der Waals surface area contributed by atoms with E-state index in [2.05, 4.69) is 15.9 Å². The van der Waals surface area contributed by atoms with Gasteiger partial charge in [0.05, 0.1) is 10.0 Å². The number of hydrogen-bond donors (Lipinski definition) is 1. The lowest BCUT2D eigenvalue weighted by atomic mass is 10.2. The lowest BCUT2D eigenvalue weighted by Gasteiger charge is -2.10. The number of ether oxygens (including phenoxy) is 1. The fraction of sp³-hybridized carbons (Fsp3) is 0.0714. The predicted octanol–water partition coefficient (Wildman–Crippen LogP) is 4.39. The van der Waals surface area contributed by atoms with Gasteiger partial charge in [-0.15, -0.1) is 0 Å². The van der Waals surface area contributed by atoms with Crippen LogP contribution in [0.5, 0.6) is 11.5 Å².